The van der Waals surface area contributed by atoms with Gasteiger partial charge in [0.1, 0.15) is 0 Å². The van der Waals surface area contributed by atoms with Gasteiger partial charge in [-0.15, -0.1) is 0 Å². The van der Waals surface area contributed by atoms with Crippen LogP contribution in [-0.2, 0) is 0 Å². The molecule has 0 aromatic heterocycles. The standard InChI is InChI=1S/C60H41N/c1-4-15-42(16-5-1)43-27-34-50(35-28-43)61(52-38-31-46(32-39-52)54-26-14-22-45-17-10-11-23-53(45)54)51-36-29-44(30-37-51)49-33-40-56-55-24-12-13-25-57(55)59(47-18-6-2-7-19-47)60(58(56)41-49)48-20-8-3-9-21-48/h1-41H/i31D,32D,38D,39D. The lowest BCUT2D eigenvalue weighted by Crippen LogP contribution is -2.09. The smallest absolute Gasteiger partial charge is 0.0645 e. The van der Waals surface area contributed by atoms with E-state index in [1.165, 1.54) is 27.3 Å². The molecule has 0 aliphatic rings. The van der Waals surface area contributed by atoms with E-state index < -0.39 is 0 Å². The summed E-state index contributed by atoms with van der Waals surface area (Å²) in [5.74, 6) is 0. The minimum Gasteiger partial charge on any atom is -0.311 e. The number of rotatable bonds is 8. The van der Waals surface area contributed by atoms with Crippen LogP contribution in [0.15, 0.2) is 249 Å². The number of nitrogens with zero attached hydrogens (tertiary/aromatic N) is 1. The van der Waals surface area contributed by atoms with Crippen LogP contribution in [0, 0.1) is 0 Å². The monoisotopic (exact) mass is 779 g/mol. The third-order valence-electron chi connectivity index (χ3n) is 11.7. The SMILES string of the molecule is [2H]c1c([2H])c(N(c2ccc(-c3ccccc3)cc2)c2ccc(-c3ccc4c(c3)c(-c3ccccc3)c(-c3ccccc3)c3ccccc34)cc2)c([2H])c([2H])c1-c1cccc2ccccc12. The lowest BCUT2D eigenvalue weighted by Gasteiger charge is -2.26. The van der Waals surface area contributed by atoms with Gasteiger partial charge in [0.2, 0.25) is 0 Å². The first-order valence-electron chi connectivity index (χ1n) is 22.7. The molecule has 0 bridgehead atoms. The van der Waals surface area contributed by atoms with Crippen molar-refractivity contribution in [3.05, 3.63) is 249 Å². The Bertz CT molecular complexity index is 3520. The zero-order valence-electron chi connectivity index (χ0n) is 37.3. The predicted molar refractivity (Wildman–Crippen MR) is 261 cm³/mol. The second-order valence-electron chi connectivity index (χ2n) is 15.3. The molecule has 1 heteroatoms. The predicted octanol–water partition coefficient (Wildman–Crippen LogP) is 17.0. The van der Waals surface area contributed by atoms with Gasteiger partial charge in [-0.3, -0.25) is 0 Å². The van der Waals surface area contributed by atoms with Crippen LogP contribution >= 0.6 is 0 Å². The van der Waals surface area contributed by atoms with Crippen LogP contribution in [0.3, 0.4) is 0 Å². The highest BCUT2D eigenvalue weighted by Gasteiger charge is 2.19. The summed E-state index contributed by atoms with van der Waals surface area (Å²) in [7, 11) is 0. The maximum atomic E-state index is 9.59. The summed E-state index contributed by atoms with van der Waals surface area (Å²) in [4.78, 5) is 1.86. The van der Waals surface area contributed by atoms with E-state index in [2.05, 4.69) is 127 Å². The molecule has 11 aromatic rings. The van der Waals surface area contributed by atoms with Gasteiger partial charge in [-0.25, -0.2) is 0 Å². The second kappa shape index (κ2) is 15.6. The lowest BCUT2D eigenvalue weighted by atomic mass is 9.84. The lowest BCUT2D eigenvalue weighted by molar-refractivity contribution is 1.28. The molecule has 0 heterocycles. The van der Waals surface area contributed by atoms with Crippen molar-refractivity contribution in [2.24, 2.45) is 0 Å². The molecule has 0 atom stereocenters. The summed E-state index contributed by atoms with van der Waals surface area (Å²) >= 11 is 0. The maximum Gasteiger partial charge on any atom is 0.0645 e. The molecule has 0 saturated heterocycles. The molecule has 0 N–H and O–H groups in total. The molecule has 1 nitrogen and oxygen atoms in total. The van der Waals surface area contributed by atoms with Crippen molar-refractivity contribution in [1.29, 1.82) is 0 Å². The molecule has 0 saturated carbocycles. The van der Waals surface area contributed by atoms with E-state index in [9.17, 15) is 5.48 Å². The van der Waals surface area contributed by atoms with Crippen molar-refractivity contribution in [3.63, 3.8) is 0 Å². The van der Waals surface area contributed by atoms with Crippen LogP contribution in [-0.4, -0.2) is 0 Å². The first-order chi connectivity index (χ1) is 31.9. The molecular weight excluding hydrogens is 735 g/mol. The van der Waals surface area contributed by atoms with E-state index >= 15 is 0 Å². The van der Waals surface area contributed by atoms with Gasteiger partial charge >= 0.3 is 0 Å². The summed E-state index contributed by atoms with van der Waals surface area (Å²) in [5, 5.41) is 6.59. The first-order valence-corrected chi connectivity index (χ1v) is 20.7. The fourth-order valence-electron chi connectivity index (χ4n) is 8.82. The third-order valence-corrected chi connectivity index (χ3v) is 11.7. The van der Waals surface area contributed by atoms with Crippen molar-refractivity contribution >= 4 is 49.4 Å². The molecule has 11 rings (SSSR count). The molecule has 0 aliphatic carbocycles. The Hall–Kier alpha value is -8.00. The van der Waals surface area contributed by atoms with Gasteiger partial charge < -0.3 is 4.90 Å². The van der Waals surface area contributed by atoms with Crippen molar-refractivity contribution in [1.82, 2.24) is 0 Å². The number of fused-ring (bicyclic) bond motifs is 4. The second-order valence-corrected chi connectivity index (χ2v) is 15.3. The van der Waals surface area contributed by atoms with E-state index in [4.69, 9.17) is 0 Å². The Morgan fingerprint density at radius 2 is 0.705 bits per heavy atom. The van der Waals surface area contributed by atoms with Crippen LogP contribution in [0.4, 0.5) is 17.1 Å². The van der Waals surface area contributed by atoms with E-state index in [1.54, 1.807) is 0 Å². The molecular formula is C60H41N. The highest BCUT2D eigenvalue weighted by molar-refractivity contribution is 6.22. The topological polar surface area (TPSA) is 3.24 Å². The van der Waals surface area contributed by atoms with Crippen molar-refractivity contribution in [2.45, 2.75) is 0 Å². The van der Waals surface area contributed by atoms with Crippen LogP contribution in [0.1, 0.15) is 5.48 Å². The molecule has 61 heavy (non-hydrogen) atoms. The average molecular weight is 780 g/mol. The fourth-order valence-corrected chi connectivity index (χ4v) is 8.82. The average Bonchev–Trinajstić information content (AvgIpc) is 3.37. The summed E-state index contributed by atoms with van der Waals surface area (Å²) in [6, 6.07) is 76.4. The number of hydrogen-bond acceptors (Lipinski definition) is 1. The van der Waals surface area contributed by atoms with Crippen LogP contribution < -0.4 is 4.90 Å². The minimum absolute atomic E-state index is 0.0901. The Morgan fingerprint density at radius 3 is 1.33 bits per heavy atom. The fraction of sp³-hybridized carbons (Fsp3) is 0. The Kier molecular flexibility index (Phi) is 8.18. The van der Waals surface area contributed by atoms with Gasteiger partial charge in [0.15, 0.2) is 0 Å². The number of hydrogen-bond donors (Lipinski definition) is 0. The molecule has 0 radical (unpaired) electrons. The summed E-state index contributed by atoms with van der Waals surface area (Å²) < 4.78 is 38.1. The largest absolute Gasteiger partial charge is 0.311 e. The number of benzene rings is 11. The summed E-state index contributed by atoms with van der Waals surface area (Å²) in [5.41, 5.74) is 11.4. The highest BCUT2D eigenvalue weighted by atomic mass is 15.1. The Balaban J connectivity index is 1.08. The summed E-state index contributed by atoms with van der Waals surface area (Å²) in [6.07, 6.45) is 0. The Morgan fingerprint density at radius 1 is 0.262 bits per heavy atom. The highest BCUT2D eigenvalue weighted by Crippen LogP contribution is 2.46. The van der Waals surface area contributed by atoms with Gasteiger partial charge in [0.05, 0.1) is 5.48 Å². The molecule has 11 aromatic carbocycles. The van der Waals surface area contributed by atoms with Gasteiger partial charge in [-0.1, -0.05) is 206 Å². The van der Waals surface area contributed by atoms with Crippen molar-refractivity contribution in [3.8, 4) is 55.6 Å². The van der Waals surface area contributed by atoms with E-state index in [1.807, 2.05) is 102 Å². The molecule has 0 spiro atoms. The van der Waals surface area contributed by atoms with Crippen LogP contribution in [0.2, 0.25) is 0 Å². The molecule has 0 unspecified atom stereocenters. The maximum absolute atomic E-state index is 9.59. The quantitative estimate of drug-likeness (QED) is 0.139. The summed E-state index contributed by atoms with van der Waals surface area (Å²) in [6.45, 7) is 0. The Labute approximate surface area is 362 Å². The van der Waals surface area contributed by atoms with E-state index in [0.29, 0.717) is 11.3 Å². The van der Waals surface area contributed by atoms with Crippen LogP contribution in [0.25, 0.3) is 88.0 Å². The van der Waals surface area contributed by atoms with Gasteiger partial charge in [-0.2, -0.15) is 0 Å². The normalized spacial score (nSPS) is 12.2. The van der Waals surface area contributed by atoms with Crippen molar-refractivity contribution < 1.29 is 5.48 Å². The zero-order chi connectivity index (χ0) is 44.0. The molecule has 0 aliphatic heterocycles. The van der Waals surface area contributed by atoms with Gasteiger partial charge in [-0.05, 0) is 130 Å². The van der Waals surface area contributed by atoms with Crippen molar-refractivity contribution in [2.75, 3.05) is 4.90 Å². The van der Waals surface area contributed by atoms with Gasteiger partial charge in [0, 0.05) is 17.1 Å². The molecule has 0 fully saturated rings. The molecule has 286 valence electrons. The van der Waals surface area contributed by atoms with E-state index in [-0.39, 0.29) is 35.4 Å². The minimum atomic E-state index is -0.116. The third kappa shape index (κ3) is 6.73. The van der Waals surface area contributed by atoms with E-state index in [0.717, 1.165) is 55.2 Å². The van der Waals surface area contributed by atoms with Gasteiger partial charge in [0.25, 0.3) is 0 Å². The zero-order valence-corrected chi connectivity index (χ0v) is 33.3. The number of anilines is 3. The molecule has 0 amide bonds. The first kappa shape index (κ1) is 31.9. The van der Waals surface area contributed by atoms with Crippen LogP contribution in [0.5, 0.6) is 0 Å².